The Labute approximate surface area is 151 Å². The van der Waals surface area contributed by atoms with Crippen LogP contribution in [-0.4, -0.2) is 19.3 Å². The summed E-state index contributed by atoms with van der Waals surface area (Å²) in [6.07, 6.45) is 13.8. The van der Waals surface area contributed by atoms with E-state index in [1.54, 1.807) is 15.6 Å². The second-order valence-corrected chi connectivity index (χ2v) is 6.24. The summed E-state index contributed by atoms with van der Waals surface area (Å²) < 4.78 is 3.41. The monoisotopic (exact) mass is 344 g/mol. The number of allylic oxidation sites excluding steroid dienone is 6. The van der Waals surface area contributed by atoms with E-state index in [1.807, 2.05) is 60.7 Å². The highest BCUT2D eigenvalue weighted by Crippen LogP contribution is 2.20. The largest absolute Gasteiger partial charge is 0.270 e. The normalized spacial score (nSPS) is 13.8. The number of benzene rings is 1. The van der Waals surface area contributed by atoms with Gasteiger partial charge in [-0.15, -0.1) is 0 Å². The molecule has 3 aromatic rings. The first-order valence-electron chi connectivity index (χ1n) is 8.87. The van der Waals surface area contributed by atoms with Crippen LogP contribution in [-0.2, 0) is 6.42 Å². The first kappa shape index (κ1) is 16.3. The van der Waals surface area contributed by atoms with Gasteiger partial charge in [0.1, 0.15) is 11.7 Å². The van der Waals surface area contributed by atoms with Gasteiger partial charge in [-0.3, -0.25) is 9.36 Å². The molecule has 0 N–H and O–H groups in total. The Kier molecular flexibility index (Phi) is 4.35. The fraction of sp³-hybridized carbons (Fsp3) is 0.190. The van der Waals surface area contributed by atoms with Gasteiger partial charge in [0, 0.05) is 12.1 Å². The van der Waals surface area contributed by atoms with Crippen molar-refractivity contribution in [1.82, 2.24) is 19.3 Å². The fourth-order valence-electron chi connectivity index (χ4n) is 3.19. The summed E-state index contributed by atoms with van der Waals surface area (Å²) >= 11 is 0. The summed E-state index contributed by atoms with van der Waals surface area (Å²) in [5.41, 5.74) is 3.17. The molecule has 5 heteroatoms. The third-order valence-corrected chi connectivity index (χ3v) is 4.43. The molecule has 0 spiro atoms. The highest BCUT2D eigenvalue weighted by Gasteiger charge is 2.18. The number of aromatic nitrogens is 4. The Hall–Kier alpha value is -3.21. The van der Waals surface area contributed by atoms with E-state index in [0.29, 0.717) is 17.5 Å². The van der Waals surface area contributed by atoms with Crippen LogP contribution >= 0.6 is 0 Å². The number of aryl methyl sites for hydroxylation is 1. The molecule has 130 valence electrons. The van der Waals surface area contributed by atoms with E-state index in [-0.39, 0.29) is 5.56 Å². The Morgan fingerprint density at radius 1 is 1.12 bits per heavy atom. The fourth-order valence-corrected chi connectivity index (χ4v) is 3.19. The van der Waals surface area contributed by atoms with Gasteiger partial charge < -0.3 is 0 Å². The lowest BCUT2D eigenvalue weighted by atomic mass is 10.2. The maximum absolute atomic E-state index is 13.3. The molecule has 0 fully saturated rings. The molecular weight excluding hydrogens is 324 g/mol. The average Bonchev–Trinajstić information content (AvgIpc) is 2.84. The zero-order valence-electron chi connectivity index (χ0n) is 14.7. The van der Waals surface area contributed by atoms with Gasteiger partial charge in [0.2, 0.25) is 0 Å². The number of hydrogen-bond donors (Lipinski definition) is 0. The van der Waals surface area contributed by atoms with Gasteiger partial charge in [0.25, 0.3) is 5.56 Å². The van der Waals surface area contributed by atoms with Crippen molar-refractivity contribution in [1.29, 1.82) is 0 Å². The van der Waals surface area contributed by atoms with Crippen molar-refractivity contribution in [2.24, 2.45) is 0 Å². The highest BCUT2D eigenvalue weighted by molar-refractivity contribution is 5.79. The third-order valence-electron chi connectivity index (χ3n) is 4.43. The van der Waals surface area contributed by atoms with Crippen molar-refractivity contribution in [2.75, 3.05) is 0 Å². The van der Waals surface area contributed by atoms with Crippen molar-refractivity contribution < 1.29 is 0 Å². The van der Waals surface area contributed by atoms with E-state index in [4.69, 9.17) is 5.10 Å². The molecule has 0 unspecified atom stereocenters. The molecule has 0 bridgehead atoms. The summed E-state index contributed by atoms with van der Waals surface area (Å²) in [5.74, 6) is 0. The van der Waals surface area contributed by atoms with Crippen molar-refractivity contribution >= 4 is 16.7 Å². The quantitative estimate of drug-likeness (QED) is 0.721. The van der Waals surface area contributed by atoms with E-state index < -0.39 is 0 Å². The molecule has 0 aliphatic heterocycles. The van der Waals surface area contributed by atoms with E-state index >= 15 is 0 Å². The van der Waals surface area contributed by atoms with Crippen LogP contribution in [0, 0.1) is 0 Å². The van der Waals surface area contributed by atoms with Crippen LogP contribution in [0.5, 0.6) is 0 Å². The maximum atomic E-state index is 13.3. The molecule has 0 saturated carbocycles. The third kappa shape index (κ3) is 2.81. The zero-order valence-corrected chi connectivity index (χ0v) is 14.7. The van der Waals surface area contributed by atoms with E-state index in [9.17, 15) is 4.79 Å². The van der Waals surface area contributed by atoms with Gasteiger partial charge in [-0.1, -0.05) is 55.8 Å². The van der Waals surface area contributed by atoms with Gasteiger partial charge >= 0.3 is 0 Å². The van der Waals surface area contributed by atoms with E-state index in [0.717, 1.165) is 29.9 Å². The average molecular weight is 344 g/mol. The predicted molar refractivity (Wildman–Crippen MR) is 104 cm³/mol. The number of fused-ring (bicyclic) bond motifs is 1. The molecule has 1 aliphatic rings. The topological polar surface area (TPSA) is 52.7 Å². The van der Waals surface area contributed by atoms with Crippen LogP contribution in [0.15, 0.2) is 71.8 Å². The van der Waals surface area contributed by atoms with Gasteiger partial charge in [0.15, 0.2) is 5.65 Å². The van der Waals surface area contributed by atoms with Crippen molar-refractivity contribution in [2.45, 2.75) is 26.2 Å². The van der Waals surface area contributed by atoms with Crippen LogP contribution in [0.4, 0.5) is 0 Å². The molecule has 4 rings (SSSR count). The number of para-hydroxylation sites is 1. The van der Waals surface area contributed by atoms with Gasteiger partial charge in [-0.2, -0.15) is 5.10 Å². The maximum Gasteiger partial charge on any atom is 0.269 e. The minimum atomic E-state index is -0.0596. The lowest BCUT2D eigenvalue weighted by molar-refractivity contribution is 0.816. The SMILES string of the molecule is CCCc1nn(-c2ccccc2)c2ncn(C3=CC=CC=CC3)c(=O)c12. The summed E-state index contributed by atoms with van der Waals surface area (Å²) in [7, 11) is 0. The molecule has 1 aromatic carbocycles. The summed E-state index contributed by atoms with van der Waals surface area (Å²) in [5, 5.41) is 5.32. The predicted octanol–water partition coefficient (Wildman–Crippen LogP) is 3.89. The standard InChI is InChI=1S/C21H20N4O/c1-2-10-18-19-20(25(23-18)17-13-8-5-9-14-17)22-15-24(21(19)26)16-11-6-3-4-7-12-16/h3-9,11,13-15H,2,10,12H2,1H3. The van der Waals surface area contributed by atoms with Crippen molar-refractivity contribution in [3.05, 3.63) is 83.1 Å². The first-order valence-corrected chi connectivity index (χ1v) is 8.87. The molecule has 2 heterocycles. The number of nitrogens with zero attached hydrogens (tertiary/aromatic N) is 4. The van der Waals surface area contributed by atoms with Crippen LogP contribution < -0.4 is 5.56 Å². The van der Waals surface area contributed by atoms with Crippen LogP contribution in [0.2, 0.25) is 0 Å². The Bertz CT molecular complexity index is 1080. The van der Waals surface area contributed by atoms with Crippen LogP contribution in [0.3, 0.4) is 0 Å². The Morgan fingerprint density at radius 2 is 1.96 bits per heavy atom. The molecule has 0 radical (unpaired) electrons. The van der Waals surface area contributed by atoms with Gasteiger partial charge in [0.05, 0.1) is 11.4 Å². The van der Waals surface area contributed by atoms with Gasteiger partial charge in [-0.05, 0) is 24.6 Å². The van der Waals surface area contributed by atoms with Crippen molar-refractivity contribution in [3.8, 4) is 5.69 Å². The summed E-state index contributed by atoms with van der Waals surface area (Å²) in [4.78, 5) is 17.9. The van der Waals surface area contributed by atoms with E-state index in [1.165, 1.54) is 0 Å². The molecule has 0 saturated heterocycles. The lowest BCUT2D eigenvalue weighted by Crippen LogP contribution is -2.20. The molecule has 1 aliphatic carbocycles. The molecule has 5 nitrogen and oxygen atoms in total. The Morgan fingerprint density at radius 3 is 2.77 bits per heavy atom. The molecule has 2 aromatic heterocycles. The minimum Gasteiger partial charge on any atom is -0.270 e. The smallest absolute Gasteiger partial charge is 0.269 e. The van der Waals surface area contributed by atoms with E-state index in [2.05, 4.69) is 11.9 Å². The minimum absolute atomic E-state index is 0.0596. The number of rotatable bonds is 4. The second-order valence-electron chi connectivity index (χ2n) is 6.24. The van der Waals surface area contributed by atoms with Crippen molar-refractivity contribution in [3.63, 3.8) is 0 Å². The van der Waals surface area contributed by atoms with Gasteiger partial charge in [-0.25, -0.2) is 9.67 Å². The first-order chi connectivity index (χ1) is 12.8. The highest BCUT2D eigenvalue weighted by atomic mass is 16.1. The number of hydrogen-bond acceptors (Lipinski definition) is 3. The molecule has 0 amide bonds. The summed E-state index contributed by atoms with van der Waals surface area (Å²) in [6, 6.07) is 9.82. The second kappa shape index (κ2) is 6.96. The molecule has 0 atom stereocenters. The molecule has 26 heavy (non-hydrogen) atoms. The van der Waals surface area contributed by atoms with Crippen LogP contribution in [0.1, 0.15) is 25.5 Å². The Balaban J connectivity index is 1.95. The molecular formula is C21H20N4O. The lowest BCUT2D eigenvalue weighted by Gasteiger charge is -2.08. The van der Waals surface area contributed by atoms with Crippen LogP contribution in [0.25, 0.3) is 22.4 Å². The zero-order chi connectivity index (χ0) is 17.9. The summed E-state index contributed by atoms with van der Waals surface area (Å²) in [6.45, 7) is 2.09.